The number of hydrogen-bond acceptors (Lipinski definition) is 9. The number of piperidine rings is 2. The number of ketones is 2. The van der Waals surface area contributed by atoms with Gasteiger partial charge in [0.1, 0.15) is 22.8 Å². The van der Waals surface area contributed by atoms with E-state index in [1.54, 1.807) is 32.6 Å². The molecule has 2 amide bonds. The zero-order valence-electron chi connectivity index (χ0n) is 25.7. The largest absolute Gasteiger partial charge is 1.00 e. The molecule has 11 nitrogen and oxygen atoms in total. The summed E-state index contributed by atoms with van der Waals surface area (Å²) in [6.45, 7) is 15.3. The summed E-state index contributed by atoms with van der Waals surface area (Å²) in [5.41, 5.74) is -1.08. The molecule has 2 aliphatic heterocycles. The molecular weight excluding hydrogens is 506 g/mol. The average Bonchev–Trinajstić information content (AvgIpc) is 2.72. The van der Waals surface area contributed by atoms with Crippen LogP contribution < -0.4 is 29.6 Å². The molecule has 0 aromatic rings. The Morgan fingerprint density at radius 1 is 0.947 bits per heavy atom. The maximum absolute atomic E-state index is 11.8. The predicted molar refractivity (Wildman–Crippen MR) is 140 cm³/mol. The Morgan fingerprint density at radius 3 is 1.74 bits per heavy atom. The normalized spacial score (nSPS) is 21.2. The molecular formula is C25H47BN2NaO9. The van der Waals surface area contributed by atoms with Gasteiger partial charge in [-0.15, -0.1) is 0 Å². The molecule has 2 fully saturated rings. The van der Waals surface area contributed by atoms with E-state index in [-0.39, 0.29) is 89.2 Å². The number of likely N-dealkylation sites (tertiary alicyclic amines) is 2. The van der Waals surface area contributed by atoms with E-state index < -0.39 is 29.3 Å². The van der Waals surface area contributed by atoms with Gasteiger partial charge >= 0.3 is 41.7 Å². The molecule has 0 aromatic heterocycles. The molecule has 0 bridgehead atoms. The molecule has 3 N–H and O–H groups in total. The van der Waals surface area contributed by atoms with Crippen LogP contribution in [0.5, 0.6) is 0 Å². The van der Waals surface area contributed by atoms with Crippen molar-refractivity contribution >= 4 is 32.2 Å². The van der Waals surface area contributed by atoms with Crippen molar-refractivity contribution in [2.24, 2.45) is 11.8 Å². The van der Waals surface area contributed by atoms with Gasteiger partial charge in [-0.3, -0.25) is 9.59 Å². The predicted octanol–water partition coefficient (Wildman–Crippen LogP) is -1.27. The number of Topliss-reactive ketones (excluding diaryl/α,β-unsaturated/α-hetero) is 2. The van der Waals surface area contributed by atoms with Crippen LogP contribution in [0.25, 0.3) is 0 Å². The molecule has 0 aliphatic carbocycles. The number of carbonyl (C=O) groups is 4. The fraction of sp³-hybridized carbons (Fsp3) is 0.840. The van der Waals surface area contributed by atoms with E-state index >= 15 is 0 Å². The van der Waals surface area contributed by atoms with Crippen LogP contribution in [-0.2, 0) is 19.1 Å². The van der Waals surface area contributed by atoms with Gasteiger partial charge in [-0.2, -0.15) is 0 Å². The third-order valence-electron chi connectivity index (χ3n) is 5.14. The van der Waals surface area contributed by atoms with Crippen molar-refractivity contribution in [2.75, 3.05) is 39.4 Å². The number of rotatable bonds is 2. The molecule has 0 spiro atoms. The van der Waals surface area contributed by atoms with E-state index in [2.05, 4.69) is 0 Å². The molecule has 3 radical (unpaired) electrons. The molecule has 2 saturated heterocycles. The van der Waals surface area contributed by atoms with Gasteiger partial charge in [0, 0.05) is 53.5 Å². The Hall–Kier alpha value is -1.18. The Morgan fingerprint density at radius 2 is 1.37 bits per heavy atom. The van der Waals surface area contributed by atoms with E-state index in [0.29, 0.717) is 26.1 Å². The van der Waals surface area contributed by atoms with Crippen molar-refractivity contribution in [1.82, 2.24) is 9.80 Å². The van der Waals surface area contributed by atoms with Crippen LogP contribution >= 0.6 is 0 Å². The first-order valence-electron chi connectivity index (χ1n) is 12.3. The first-order chi connectivity index (χ1) is 16.4. The van der Waals surface area contributed by atoms with Gasteiger partial charge in [0.15, 0.2) is 0 Å². The molecule has 2 aliphatic rings. The fourth-order valence-corrected chi connectivity index (χ4v) is 3.37. The van der Waals surface area contributed by atoms with E-state index in [9.17, 15) is 24.3 Å². The van der Waals surface area contributed by atoms with Crippen LogP contribution in [-0.4, -0.2) is 114 Å². The van der Waals surface area contributed by atoms with E-state index in [0.717, 1.165) is 0 Å². The topological polar surface area (TPSA) is 154 Å². The van der Waals surface area contributed by atoms with Gasteiger partial charge in [-0.1, -0.05) is 0 Å². The number of aliphatic hydroxyl groups excluding tert-OH is 3. The van der Waals surface area contributed by atoms with Crippen LogP contribution in [0.3, 0.4) is 0 Å². The van der Waals surface area contributed by atoms with Crippen molar-refractivity contribution in [3.8, 4) is 0 Å². The second-order valence-electron chi connectivity index (χ2n) is 10.8. The average molecular weight is 553 g/mol. The quantitative estimate of drug-likeness (QED) is 0.281. The van der Waals surface area contributed by atoms with Crippen molar-refractivity contribution in [1.29, 1.82) is 0 Å². The number of nitrogens with zero attached hydrogens (tertiary/aromatic N) is 2. The minimum Gasteiger partial charge on any atom is -1.00 e. The second kappa shape index (κ2) is 19.0. The second-order valence-corrected chi connectivity index (χ2v) is 10.8. The molecule has 2 heterocycles. The molecule has 13 heteroatoms. The molecule has 0 saturated carbocycles. The maximum atomic E-state index is 11.8. The molecule has 3 unspecified atom stereocenters. The summed E-state index contributed by atoms with van der Waals surface area (Å²) in [4.78, 5) is 49.2. The zero-order valence-corrected chi connectivity index (χ0v) is 26.7. The summed E-state index contributed by atoms with van der Waals surface area (Å²) in [6.07, 6.45) is -0.647. The SMILES string of the molecule is CC(=O)C1CN(C(=O)OC(C)(C)C)CCC1=O.CC(C)(C)OC(=O)N1CCC(O)C(CO)C1.CCO.[B].[H-].[Na+]. The third-order valence-corrected chi connectivity index (χ3v) is 5.14. The third kappa shape index (κ3) is 16.7. The van der Waals surface area contributed by atoms with Crippen LogP contribution in [0, 0.1) is 11.8 Å². The summed E-state index contributed by atoms with van der Waals surface area (Å²) < 4.78 is 10.4. The first-order valence-corrected chi connectivity index (χ1v) is 12.3. The molecule has 0 aromatic carbocycles. The number of hydrogen-bond donors (Lipinski definition) is 3. The summed E-state index contributed by atoms with van der Waals surface area (Å²) in [7, 11) is 0. The van der Waals surface area contributed by atoms with Gasteiger partial charge in [0.05, 0.1) is 18.6 Å². The molecule has 2 rings (SSSR count). The smallest absolute Gasteiger partial charge is 1.00 e. The Bertz CT molecular complexity index is 748. The first kappa shape index (κ1) is 41.3. The summed E-state index contributed by atoms with van der Waals surface area (Å²) in [6, 6.07) is 0. The number of ether oxygens (including phenoxy) is 2. The van der Waals surface area contributed by atoms with Gasteiger partial charge < -0.3 is 36.0 Å². The molecule has 215 valence electrons. The number of carbonyl (C=O) groups excluding carboxylic acids is 4. The molecule has 3 atom stereocenters. The van der Waals surface area contributed by atoms with Crippen molar-refractivity contribution in [3.05, 3.63) is 0 Å². The minimum atomic E-state index is -0.684. The number of amides is 2. The Balaban J connectivity index is -0.000000267. The zero-order chi connectivity index (χ0) is 28.3. The Labute approximate surface area is 252 Å². The molecule has 38 heavy (non-hydrogen) atoms. The summed E-state index contributed by atoms with van der Waals surface area (Å²) >= 11 is 0. The van der Waals surface area contributed by atoms with E-state index in [1.807, 2.05) is 20.8 Å². The standard InChI is InChI=1S/C12H19NO4.C11H21NO4.C2H6O.B.Na.H/c1-8(14)9-7-13(6-5-10(9)15)11(16)17-12(2,3)4;1-11(2,3)16-10(15)12-5-4-9(14)8(6-12)7-13;1-2-3;;;/h9H,5-7H2,1-4H3;8-9,13-14H,4-7H2,1-3H3;3H,2H2,1H3;;;/q;;;;+1;-1. The van der Waals surface area contributed by atoms with E-state index in [4.69, 9.17) is 19.7 Å². The number of aliphatic hydroxyl groups is 3. The van der Waals surface area contributed by atoms with Crippen molar-refractivity contribution in [3.63, 3.8) is 0 Å². The Kier molecular flexibility index (Phi) is 20.6. The van der Waals surface area contributed by atoms with Gasteiger partial charge in [0.2, 0.25) is 0 Å². The fourth-order valence-electron chi connectivity index (χ4n) is 3.37. The van der Waals surface area contributed by atoms with Crippen molar-refractivity contribution < 1.29 is 75.0 Å². The van der Waals surface area contributed by atoms with Gasteiger partial charge in [-0.05, 0) is 61.8 Å². The van der Waals surface area contributed by atoms with Gasteiger partial charge in [-0.25, -0.2) is 9.59 Å². The van der Waals surface area contributed by atoms with Crippen LogP contribution in [0.1, 0.15) is 69.7 Å². The van der Waals surface area contributed by atoms with E-state index in [1.165, 1.54) is 11.8 Å². The van der Waals surface area contributed by atoms with Crippen LogP contribution in [0.4, 0.5) is 9.59 Å². The summed E-state index contributed by atoms with van der Waals surface area (Å²) in [5, 5.41) is 26.2. The minimum absolute atomic E-state index is 0. The van der Waals surface area contributed by atoms with Crippen LogP contribution in [0.2, 0.25) is 0 Å². The van der Waals surface area contributed by atoms with Crippen molar-refractivity contribution in [2.45, 2.75) is 85.5 Å². The van der Waals surface area contributed by atoms with Gasteiger partial charge in [0.25, 0.3) is 0 Å². The van der Waals surface area contributed by atoms with Crippen LogP contribution in [0.15, 0.2) is 0 Å². The maximum Gasteiger partial charge on any atom is 1.00 e. The summed E-state index contributed by atoms with van der Waals surface area (Å²) in [5.74, 6) is -1.22. The monoisotopic (exact) mass is 553 g/mol.